The van der Waals surface area contributed by atoms with Gasteiger partial charge in [0, 0.05) is 25.8 Å². The number of nitrogens with zero attached hydrogens (tertiary/aromatic N) is 1. The Balaban J connectivity index is 1.27. The van der Waals surface area contributed by atoms with Gasteiger partial charge in [-0.15, -0.1) is 0 Å². The molecular formula is C24H29FN2O5. The molecule has 1 fully saturated rings. The average Bonchev–Trinajstić information content (AvgIpc) is 3.20. The molecule has 1 amide bonds. The van der Waals surface area contributed by atoms with Crippen LogP contribution in [0.25, 0.3) is 0 Å². The number of ether oxygens (including phenoxy) is 4. The SMILES string of the molecule is COC1(COc2ccccc2F)CCCN(CC(=O)NCc2cccc3c2OCO3)CC1. The van der Waals surface area contributed by atoms with Crippen molar-refractivity contribution in [3.8, 4) is 17.2 Å². The quantitative estimate of drug-likeness (QED) is 0.675. The van der Waals surface area contributed by atoms with E-state index in [2.05, 4.69) is 10.2 Å². The van der Waals surface area contributed by atoms with Crippen LogP contribution in [0.5, 0.6) is 17.2 Å². The molecule has 172 valence electrons. The minimum absolute atomic E-state index is 0.0472. The second kappa shape index (κ2) is 10.2. The van der Waals surface area contributed by atoms with Crippen LogP contribution in [0.3, 0.4) is 0 Å². The first-order valence-corrected chi connectivity index (χ1v) is 10.9. The molecule has 0 aromatic heterocycles. The lowest BCUT2D eigenvalue weighted by atomic mass is 9.95. The molecule has 0 radical (unpaired) electrons. The Morgan fingerprint density at radius 3 is 2.88 bits per heavy atom. The van der Waals surface area contributed by atoms with E-state index in [4.69, 9.17) is 18.9 Å². The molecule has 1 atom stereocenters. The number of carbonyl (C=O) groups is 1. The summed E-state index contributed by atoms with van der Waals surface area (Å²) in [5.74, 6) is 1.20. The van der Waals surface area contributed by atoms with Crippen LogP contribution >= 0.6 is 0 Å². The second-order valence-electron chi connectivity index (χ2n) is 8.16. The molecule has 2 aliphatic heterocycles. The Kier molecular flexibility index (Phi) is 7.12. The molecule has 4 rings (SSSR count). The molecule has 8 heteroatoms. The van der Waals surface area contributed by atoms with Gasteiger partial charge in [-0.1, -0.05) is 24.3 Å². The van der Waals surface area contributed by atoms with Crippen LogP contribution in [0, 0.1) is 5.82 Å². The lowest BCUT2D eigenvalue weighted by Gasteiger charge is -2.31. The Labute approximate surface area is 187 Å². The van der Waals surface area contributed by atoms with Crippen molar-refractivity contribution in [1.29, 1.82) is 0 Å². The molecule has 2 aromatic carbocycles. The number of methoxy groups -OCH3 is 1. The van der Waals surface area contributed by atoms with Crippen LogP contribution < -0.4 is 19.5 Å². The number of fused-ring (bicyclic) bond motifs is 1. The zero-order valence-electron chi connectivity index (χ0n) is 18.3. The summed E-state index contributed by atoms with van der Waals surface area (Å²) in [5.41, 5.74) is 0.392. The number of rotatable bonds is 8. The number of para-hydroxylation sites is 2. The summed E-state index contributed by atoms with van der Waals surface area (Å²) in [6.07, 6.45) is 2.34. The van der Waals surface area contributed by atoms with Crippen LogP contribution in [0.2, 0.25) is 0 Å². The smallest absolute Gasteiger partial charge is 0.234 e. The number of hydrogen-bond acceptors (Lipinski definition) is 6. The maximum absolute atomic E-state index is 13.9. The highest BCUT2D eigenvalue weighted by atomic mass is 19.1. The first-order chi connectivity index (χ1) is 15.6. The standard InChI is InChI=1S/C24H29FN2O5/c1-29-24(16-30-20-8-3-2-7-19(20)25)10-5-12-27(13-11-24)15-22(28)26-14-18-6-4-9-21-23(18)32-17-31-21/h2-4,6-9H,5,10-17H2,1H3,(H,26,28). The summed E-state index contributed by atoms with van der Waals surface area (Å²) in [6.45, 7) is 2.65. The lowest BCUT2D eigenvalue weighted by molar-refractivity contribution is -0.122. The van der Waals surface area contributed by atoms with E-state index in [0.29, 0.717) is 37.6 Å². The first-order valence-electron chi connectivity index (χ1n) is 10.9. The normalized spacial score (nSPS) is 20.6. The van der Waals surface area contributed by atoms with E-state index in [9.17, 15) is 9.18 Å². The van der Waals surface area contributed by atoms with Crippen LogP contribution in [0.4, 0.5) is 4.39 Å². The highest BCUT2D eigenvalue weighted by molar-refractivity contribution is 5.78. The Hall–Kier alpha value is -2.84. The van der Waals surface area contributed by atoms with Crippen LogP contribution in [-0.4, -0.2) is 56.6 Å². The zero-order chi connectivity index (χ0) is 22.4. The third-order valence-corrected chi connectivity index (χ3v) is 6.07. The molecule has 1 N–H and O–H groups in total. The highest BCUT2D eigenvalue weighted by Gasteiger charge is 2.34. The fraction of sp³-hybridized carbons (Fsp3) is 0.458. The third-order valence-electron chi connectivity index (χ3n) is 6.07. The van der Waals surface area contributed by atoms with E-state index < -0.39 is 5.60 Å². The Bertz CT molecular complexity index is 940. The third kappa shape index (κ3) is 5.31. The van der Waals surface area contributed by atoms with Gasteiger partial charge in [-0.2, -0.15) is 0 Å². The fourth-order valence-electron chi connectivity index (χ4n) is 4.14. The molecule has 0 spiro atoms. The maximum Gasteiger partial charge on any atom is 0.234 e. The van der Waals surface area contributed by atoms with E-state index in [1.54, 1.807) is 25.3 Å². The molecule has 1 saturated heterocycles. The van der Waals surface area contributed by atoms with E-state index >= 15 is 0 Å². The van der Waals surface area contributed by atoms with Gasteiger partial charge in [0.1, 0.15) is 12.2 Å². The van der Waals surface area contributed by atoms with Gasteiger partial charge in [0.05, 0.1) is 6.54 Å². The van der Waals surface area contributed by atoms with Crippen molar-refractivity contribution in [2.75, 3.05) is 40.1 Å². The van der Waals surface area contributed by atoms with Crippen molar-refractivity contribution in [1.82, 2.24) is 10.2 Å². The average molecular weight is 445 g/mol. The topological polar surface area (TPSA) is 69.3 Å². The van der Waals surface area contributed by atoms with E-state index in [1.165, 1.54) is 6.07 Å². The van der Waals surface area contributed by atoms with Gasteiger partial charge in [-0.05, 0) is 44.0 Å². The van der Waals surface area contributed by atoms with Gasteiger partial charge in [0.2, 0.25) is 12.7 Å². The van der Waals surface area contributed by atoms with Crippen molar-refractivity contribution in [2.45, 2.75) is 31.4 Å². The minimum Gasteiger partial charge on any atom is -0.488 e. The number of amides is 1. The summed E-state index contributed by atoms with van der Waals surface area (Å²) >= 11 is 0. The number of likely N-dealkylation sites (tertiary alicyclic amines) is 1. The molecule has 1 unspecified atom stereocenters. The minimum atomic E-state index is -0.505. The van der Waals surface area contributed by atoms with Gasteiger partial charge >= 0.3 is 0 Å². The van der Waals surface area contributed by atoms with Gasteiger partial charge in [0.25, 0.3) is 0 Å². The number of hydrogen-bond donors (Lipinski definition) is 1. The molecule has 2 heterocycles. The zero-order valence-corrected chi connectivity index (χ0v) is 18.3. The highest BCUT2D eigenvalue weighted by Crippen LogP contribution is 2.35. The molecule has 7 nitrogen and oxygen atoms in total. The van der Waals surface area contributed by atoms with Gasteiger partial charge in [-0.25, -0.2) is 4.39 Å². The second-order valence-corrected chi connectivity index (χ2v) is 8.16. The van der Waals surface area contributed by atoms with Crippen molar-refractivity contribution < 1.29 is 28.1 Å². The molecule has 2 aliphatic rings. The first kappa shape index (κ1) is 22.4. The maximum atomic E-state index is 13.9. The van der Waals surface area contributed by atoms with Crippen molar-refractivity contribution in [3.05, 3.63) is 53.8 Å². The summed E-state index contributed by atoms with van der Waals surface area (Å²) in [4.78, 5) is 14.7. The molecular weight excluding hydrogens is 415 g/mol. The molecule has 2 aromatic rings. The molecule has 0 aliphatic carbocycles. The number of carbonyl (C=O) groups excluding carboxylic acids is 1. The predicted molar refractivity (Wildman–Crippen MR) is 116 cm³/mol. The van der Waals surface area contributed by atoms with Crippen LogP contribution in [-0.2, 0) is 16.1 Å². The van der Waals surface area contributed by atoms with Crippen molar-refractivity contribution in [2.24, 2.45) is 0 Å². The monoisotopic (exact) mass is 444 g/mol. The predicted octanol–water partition coefficient (Wildman–Crippen LogP) is 3.12. The van der Waals surface area contributed by atoms with Gasteiger partial charge < -0.3 is 24.3 Å². The summed E-state index contributed by atoms with van der Waals surface area (Å²) in [7, 11) is 1.66. The lowest BCUT2D eigenvalue weighted by Crippen LogP contribution is -2.41. The summed E-state index contributed by atoms with van der Waals surface area (Å²) < 4.78 is 36.3. The number of benzene rings is 2. The van der Waals surface area contributed by atoms with Crippen molar-refractivity contribution in [3.63, 3.8) is 0 Å². The number of halogens is 1. The van der Waals surface area contributed by atoms with E-state index in [1.807, 2.05) is 18.2 Å². The van der Waals surface area contributed by atoms with Crippen molar-refractivity contribution >= 4 is 5.91 Å². The summed E-state index contributed by atoms with van der Waals surface area (Å²) in [5, 5.41) is 2.97. The largest absolute Gasteiger partial charge is 0.488 e. The van der Waals surface area contributed by atoms with Gasteiger partial charge in [-0.3, -0.25) is 9.69 Å². The van der Waals surface area contributed by atoms with E-state index in [-0.39, 0.29) is 30.9 Å². The fourth-order valence-corrected chi connectivity index (χ4v) is 4.14. The molecule has 0 saturated carbocycles. The van der Waals surface area contributed by atoms with Gasteiger partial charge in [0.15, 0.2) is 23.1 Å². The van der Waals surface area contributed by atoms with Crippen LogP contribution in [0.15, 0.2) is 42.5 Å². The van der Waals surface area contributed by atoms with Crippen LogP contribution in [0.1, 0.15) is 24.8 Å². The Morgan fingerprint density at radius 1 is 1.16 bits per heavy atom. The summed E-state index contributed by atoms with van der Waals surface area (Å²) in [6, 6.07) is 12.0. The van der Waals surface area contributed by atoms with E-state index in [0.717, 1.165) is 24.9 Å². The number of nitrogens with one attached hydrogen (secondary N) is 1. The Morgan fingerprint density at radius 2 is 2.03 bits per heavy atom. The molecule has 32 heavy (non-hydrogen) atoms. The molecule has 0 bridgehead atoms.